The monoisotopic (exact) mass is 302 g/mol. The number of hydrogen-bond acceptors (Lipinski definition) is 3. The fourth-order valence-electron chi connectivity index (χ4n) is 2.30. The summed E-state index contributed by atoms with van der Waals surface area (Å²) in [6, 6.07) is 0. The number of aryl methyl sites for hydroxylation is 2. The number of hydrogen-bond donors (Lipinski definition) is 1. The zero-order chi connectivity index (χ0) is 12.4. The van der Waals surface area contributed by atoms with Gasteiger partial charge >= 0.3 is 0 Å². The summed E-state index contributed by atoms with van der Waals surface area (Å²) in [6.07, 6.45) is 2.16. The molecule has 2 rings (SSSR count). The van der Waals surface area contributed by atoms with E-state index in [9.17, 15) is 5.11 Å². The van der Waals surface area contributed by atoms with Crippen molar-refractivity contribution in [2.45, 2.75) is 51.9 Å². The summed E-state index contributed by atoms with van der Waals surface area (Å²) >= 11 is 3.54. The van der Waals surface area contributed by atoms with Crippen LogP contribution in [0.3, 0.4) is 0 Å². The van der Waals surface area contributed by atoms with Crippen LogP contribution in [0.1, 0.15) is 31.2 Å². The van der Waals surface area contributed by atoms with E-state index in [0.717, 1.165) is 41.9 Å². The summed E-state index contributed by atoms with van der Waals surface area (Å²) in [6.45, 7) is 5.62. The Morgan fingerprint density at radius 3 is 3.00 bits per heavy atom. The maximum Gasteiger partial charge on any atom is 0.0857 e. The summed E-state index contributed by atoms with van der Waals surface area (Å²) < 4.78 is 8.46. The van der Waals surface area contributed by atoms with Gasteiger partial charge in [0.05, 0.1) is 28.1 Å². The van der Waals surface area contributed by atoms with Gasteiger partial charge in [-0.2, -0.15) is 5.10 Å². The first-order chi connectivity index (χ1) is 8.13. The van der Waals surface area contributed by atoms with Crippen molar-refractivity contribution in [1.82, 2.24) is 9.78 Å². The molecular weight excluding hydrogens is 284 g/mol. The van der Waals surface area contributed by atoms with Crippen molar-refractivity contribution in [2.24, 2.45) is 0 Å². The number of ether oxygens (including phenoxy) is 1. The van der Waals surface area contributed by atoms with Crippen molar-refractivity contribution < 1.29 is 9.84 Å². The molecule has 5 heteroatoms. The van der Waals surface area contributed by atoms with Crippen LogP contribution in [0.5, 0.6) is 0 Å². The van der Waals surface area contributed by atoms with E-state index < -0.39 is 6.10 Å². The quantitative estimate of drug-likeness (QED) is 0.926. The molecule has 17 heavy (non-hydrogen) atoms. The minimum absolute atomic E-state index is 0.0117. The van der Waals surface area contributed by atoms with Crippen LogP contribution in [0.25, 0.3) is 0 Å². The van der Waals surface area contributed by atoms with Gasteiger partial charge in [0, 0.05) is 19.6 Å². The lowest BCUT2D eigenvalue weighted by Gasteiger charge is -2.18. The van der Waals surface area contributed by atoms with Gasteiger partial charge in [0.1, 0.15) is 0 Å². The highest BCUT2D eigenvalue weighted by Gasteiger charge is 2.26. The second-order valence-corrected chi connectivity index (χ2v) is 5.28. The molecule has 1 saturated heterocycles. The molecule has 96 valence electrons. The number of aromatic nitrogens is 2. The van der Waals surface area contributed by atoms with Gasteiger partial charge in [-0.05, 0) is 42.6 Å². The van der Waals surface area contributed by atoms with Crippen LogP contribution in [0.15, 0.2) is 4.47 Å². The average Bonchev–Trinajstić information content (AvgIpc) is 2.92. The molecule has 1 aliphatic heterocycles. The van der Waals surface area contributed by atoms with Gasteiger partial charge in [0.15, 0.2) is 0 Å². The first kappa shape index (κ1) is 13.1. The summed E-state index contributed by atoms with van der Waals surface area (Å²) in [4.78, 5) is 0. The highest BCUT2D eigenvalue weighted by Crippen LogP contribution is 2.25. The molecule has 0 radical (unpaired) electrons. The van der Waals surface area contributed by atoms with E-state index >= 15 is 0 Å². The Morgan fingerprint density at radius 2 is 2.41 bits per heavy atom. The molecule has 0 bridgehead atoms. The van der Waals surface area contributed by atoms with Crippen molar-refractivity contribution in [3.05, 3.63) is 15.9 Å². The van der Waals surface area contributed by atoms with Crippen molar-refractivity contribution in [1.29, 1.82) is 0 Å². The van der Waals surface area contributed by atoms with Crippen LogP contribution in [0, 0.1) is 6.92 Å². The van der Waals surface area contributed by atoms with Crippen LogP contribution in [0.2, 0.25) is 0 Å². The fraction of sp³-hybridized carbons (Fsp3) is 0.750. The van der Waals surface area contributed by atoms with Crippen molar-refractivity contribution in [3.8, 4) is 0 Å². The van der Waals surface area contributed by atoms with Gasteiger partial charge in [-0.15, -0.1) is 0 Å². The van der Waals surface area contributed by atoms with E-state index in [0.29, 0.717) is 6.42 Å². The predicted molar refractivity (Wildman–Crippen MR) is 69.0 cm³/mol. The lowest BCUT2D eigenvalue weighted by atomic mass is 10.1. The fourth-order valence-corrected chi connectivity index (χ4v) is 2.75. The molecule has 4 nitrogen and oxygen atoms in total. The van der Waals surface area contributed by atoms with E-state index in [2.05, 4.69) is 28.0 Å². The molecule has 1 aliphatic rings. The molecule has 1 aromatic rings. The minimum Gasteiger partial charge on any atom is -0.390 e. The largest absolute Gasteiger partial charge is 0.390 e. The Balaban J connectivity index is 2.11. The zero-order valence-electron chi connectivity index (χ0n) is 10.3. The normalized spacial score (nSPS) is 22.0. The number of halogens is 1. The van der Waals surface area contributed by atoms with E-state index in [1.165, 1.54) is 0 Å². The third-order valence-corrected chi connectivity index (χ3v) is 4.28. The highest BCUT2D eigenvalue weighted by atomic mass is 79.9. The molecule has 1 N–H and O–H groups in total. The maximum atomic E-state index is 10.2. The van der Waals surface area contributed by atoms with E-state index in [4.69, 9.17) is 4.74 Å². The summed E-state index contributed by atoms with van der Waals surface area (Å²) in [5.41, 5.74) is 2.04. The molecule has 2 heterocycles. The molecule has 2 unspecified atom stereocenters. The van der Waals surface area contributed by atoms with Gasteiger partial charge in [-0.3, -0.25) is 4.68 Å². The van der Waals surface area contributed by atoms with Crippen LogP contribution in [0.4, 0.5) is 0 Å². The van der Waals surface area contributed by atoms with E-state index in [1.807, 2.05) is 11.6 Å². The van der Waals surface area contributed by atoms with Gasteiger partial charge in [0.2, 0.25) is 0 Å². The van der Waals surface area contributed by atoms with Crippen molar-refractivity contribution >= 4 is 15.9 Å². The average molecular weight is 303 g/mol. The predicted octanol–water partition coefficient (Wildman–Crippen LogP) is 2.06. The highest BCUT2D eigenvalue weighted by molar-refractivity contribution is 9.10. The van der Waals surface area contributed by atoms with Gasteiger partial charge < -0.3 is 9.84 Å². The van der Waals surface area contributed by atoms with Gasteiger partial charge in [-0.25, -0.2) is 0 Å². The molecule has 0 aliphatic carbocycles. The maximum absolute atomic E-state index is 10.2. The van der Waals surface area contributed by atoms with Crippen LogP contribution >= 0.6 is 15.9 Å². The SMILES string of the molecule is CCn1nc(C)c(Br)c1CC(O)C1CCCO1. The molecule has 0 spiro atoms. The smallest absolute Gasteiger partial charge is 0.0857 e. The molecule has 1 aromatic heterocycles. The Morgan fingerprint density at radius 1 is 1.65 bits per heavy atom. The lowest BCUT2D eigenvalue weighted by Crippen LogP contribution is -2.28. The van der Waals surface area contributed by atoms with Crippen LogP contribution < -0.4 is 0 Å². The number of aliphatic hydroxyl groups is 1. The summed E-state index contributed by atoms with van der Waals surface area (Å²) in [7, 11) is 0. The first-order valence-corrected chi connectivity index (χ1v) is 6.94. The Bertz CT molecular complexity index is 386. The van der Waals surface area contributed by atoms with E-state index in [-0.39, 0.29) is 6.10 Å². The third-order valence-electron chi connectivity index (χ3n) is 3.25. The molecule has 0 amide bonds. The topological polar surface area (TPSA) is 47.3 Å². The van der Waals surface area contributed by atoms with Crippen LogP contribution in [-0.2, 0) is 17.7 Å². The third kappa shape index (κ3) is 2.72. The van der Waals surface area contributed by atoms with Crippen molar-refractivity contribution in [2.75, 3.05) is 6.61 Å². The second-order valence-electron chi connectivity index (χ2n) is 4.48. The summed E-state index contributed by atoms with van der Waals surface area (Å²) in [5, 5.41) is 14.6. The second kappa shape index (κ2) is 5.50. The Hall–Kier alpha value is -0.390. The van der Waals surface area contributed by atoms with Gasteiger partial charge in [0.25, 0.3) is 0 Å². The molecule has 0 aromatic carbocycles. The summed E-state index contributed by atoms with van der Waals surface area (Å²) in [5.74, 6) is 0. The van der Waals surface area contributed by atoms with E-state index in [1.54, 1.807) is 0 Å². The minimum atomic E-state index is -0.435. The first-order valence-electron chi connectivity index (χ1n) is 6.15. The lowest BCUT2D eigenvalue weighted by molar-refractivity contribution is -0.00175. The van der Waals surface area contributed by atoms with Crippen LogP contribution in [-0.4, -0.2) is 33.7 Å². The Labute approximate surface area is 110 Å². The molecular formula is C12H19BrN2O2. The zero-order valence-corrected chi connectivity index (χ0v) is 11.9. The standard InChI is InChI=1S/C12H19BrN2O2/c1-3-15-9(12(13)8(2)14-15)7-10(16)11-5-4-6-17-11/h10-11,16H,3-7H2,1-2H3. The number of nitrogens with zero attached hydrogens (tertiary/aromatic N) is 2. The van der Waals surface area contributed by atoms with Gasteiger partial charge in [-0.1, -0.05) is 0 Å². The molecule has 0 saturated carbocycles. The molecule has 2 atom stereocenters. The number of aliphatic hydroxyl groups excluding tert-OH is 1. The molecule has 1 fully saturated rings. The number of rotatable bonds is 4. The Kier molecular flexibility index (Phi) is 4.22. The van der Waals surface area contributed by atoms with Crippen molar-refractivity contribution in [3.63, 3.8) is 0 Å².